The summed E-state index contributed by atoms with van der Waals surface area (Å²) in [6.45, 7) is 2.60. The molecule has 0 aliphatic carbocycles. The number of anilines is 1. The van der Waals surface area contributed by atoms with Crippen LogP contribution in [0.25, 0.3) is 11.0 Å². The Hall–Kier alpha value is -4.31. The van der Waals surface area contributed by atoms with Crippen molar-refractivity contribution in [3.63, 3.8) is 0 Å². The molecular weight excluding hydrogens is 508 g/mol. The van der Waals surface area contributed by atoms with Crippen LogP contribution in [-0.2, 0) is 4.79 Å². The molecule has 0 saturated carbocycles. The van der Waals surface area contributed by atoms with Crippen LogP contribution >= 0.6 is 11.3 Å². The number of ether oxygens (including phenoxy) is 3. The van der Waals surface area contributed by atoms with Crippen molar-refractivity contribution < 1.29 is 33.3 Å². The lowest BCUT2D eigenvalue weighted by molar-refractivity contribution is -0.117. The number of amides is 1. The van der Waals surface area contributed by atoms with Crippen molar-refractivity contribution in [3.05, 3.63) is 76.7 Å². The summed E-state index contributed by atoms with van der Waals surface area (Å²) in [7, 11) is 3.03. The number of para-hydroxylation sites is 1. The molecule has 0 saturated heterocycles. The topological polar surface area (TPSA) is 111 Å². The molecule has 3 heterocycles. The summed E-state index contributed by atoms with van der Waals surface area (Å²) in [6, 6.07) is 11.1. The fraction of sp³-hybridized carbons (Fsp3) is 0.250. The van der Waals surface area contributed by atoms with Gasteiger partial charge in [0.2, 0.25) is 5.78 Å². The van der Waals surface area contributed by atoms with Gasteiger partial charge < -0.3 is 23.7 Å². The first-order valence-electron chi connectivity index (χ1n) is 12.1. The molecule has 0 spiro atoms. The number of hydrogen-bond acceptors (Lipinski definition) is 9. The van der Waals surface area contributed by atoms with E-state index in [1.165, 1.54) is 30.5 Å². The van der Waals surface area contributed by atoms with Crippen LogP contribution in [0.5, 0.6) is 17.2 Å². The van der Waals surface area contributed by atoms with E-state index in [0.29, 0.717) is 45.5 Å². The molecule has 0 radical (unpaired) electrons. The Labute approximate surface area is 222 Å². The minimum Gasteiger partial charge on any atom is -0.503 e. The second-order valence-electron chi connectivity index (χ2n) is 8.59. The molecule has 196 valence electrons. The molecule has 10 heteroatoms. The molecule has 9 nitrogen and oxygen atoms in total. The molecule has 1 amide bonds. The molecule has 4 aromatic rings. The summed E-state index contributed by atoms with van der Waals surface area (Å²) < 4.78 is 22.6. The third-order valence-corrected chi connectivity index (χ3v) is 7.06. The van der Waals surface area contributed by atoms with Gasteiger partial charge in [-0.15, -0.1) is 11.3 Å². The maximum Gasteiger partial charge on any atom is 0.296 e. The number of nitrogens with zero attached hydrogens (tertiary/aromatic N) is 2. The lowest BCUT2D eigenvalue weighted by Crippen LogP contribution is -2.31. The number of aliphatic hydroxyl groups excluding tert-OH is 1. The summed E-state index contributed by atoms with van der Waals surface area (Å²) in [5.41, 5.74) is 0.811. The summed E-state index contributed by atoms with van der Waals surface area (Å²) in [6.07, 6.45) is 3.42. The SMILES string of the molecule is CCCCOc1ccc(C2C(C(=O)c3cc4cccc(OC)c4o3)=C(O)C(=O)N2c2nccs2)cc1OC. The predicted molar refractivity (Wildman–Crippen MR) is 142 cm³/mol. The van der Waals surface area contributed by atoms with E-state index in [0.717, 1.165) is 12.8 Å². The number of carbonyl (C=O) groups excluding carboxylic acids is 2. The standard InChI is InChI=1S/C28H26N2O7S/c1-4-5-12-36-18-10-9-16(14-20(18)35-3)23-22(25(32)27(33)30(23)28-29-11-13-38-28)24(31)21-15-17-7-6-8-19(34-2)26(17)37-21/h6-11,13-15,23,32H,4-5,12H2,1-3H3. The molecule has 1 atom stereocenters. The number of rotatable bonds is 10. The molecule has 1 aliphatic rings. The van der Waals surface area contributed by atoms with Crippen LogP contribution in [0.1, 0.15) is 41.9 Å². The van der Waals surface area contributed by atoms with Crippen molar-refractivity contribution >= 4 is 39.1 Å². The third kappa shape index (κ3) is 4.37. The van der Waals surface area contributed by atoms with Crippen LogP contribution in [0.4, 0.5) is 5.13 Å². The number of methoxy groups -OCH3 is 2. The maximum absolute atomic E-state index is 13.9. The van der Waals surface area contributed by atoms with E-state index in [1.54, 1.807) is 54.0 Å². The Kier molecular flexibility index (Phi) is 7.06. The van der Waals surface area contributed by atoms with Gasteiger partial charge in [0.05, 0.1) is 32.4 Å². The molecule has 38 heavy (non-hydrogen) atoms. The number of Topliss-reactive ketones (excluding diaryl/α,β-unsaturated/α-hetero) is 1. The van der Waals surface area contributed by atoms with Gasteiger partial charge in [-0.05, 0) is 36.2 Å². The number of hydrogen-bond donors (Lipinski definition) is 1. The van der Waals surface area contributed by atoms with E-state index >= 15 is 0 Å². The lowest BCUT2D eigenvalue weighted by atomic mass is 9.95. The zero-order chi connectivity index (χ0) is 26.8. The smallest absolute Gasteiger partial charge is 0.296 e. The largest absolute Gasteiger partial charge is 0.503 e. The highest BCUT2D eigenvalue weighted by molar-refractivity contribution is 7.13. The van der Waals surface area contributed by atoms with Crippen molar-refractivity contribution in [1.82, 2.24) is 4.98 Å². The zero-order valence-electron chi connectivity index (χ0n) is 21.1. The highest BCUT2D eigenvalue weighted by Crippen LogP contribution is 2.45. The average molecular weight is 535 g/mol. The van der Waals surface area contributed by atoms with Gasteiger partial charge >= 0.3 is 0 Å². The minimum atomic E-state index is -0.977. The second kappa shape index (κ2) is 10.6. The van der Waals surface area contributed by atoms with Crippen molar-refractivity contribution in [2.75, 3.05) is 25.7 Å². The first kappa shape index (κ1) is 25.3. The molecule has 2 aromatic heterocycles. The molecular formula is C28H26N2O7S. The normalized spacial score (nSPS) is 15.4. The third-order valence-electron chi connectivity index (χ3n) is 6.29. The summed E-state index contributed by atoms with van der Waals surface area (Å²) in [4.78, 5) is 32.8. The Bertz CT molecular complexity index is 1520. The number of fused-ring (bicyclic) bond motifs is 1. The van der Waals surface area contributed by atoms with E-state index in [9.17, 15) is 14.7 Å². The van der Waals surface area contributed by atoms with E-state index in [1.807, 2.05) is 0 Å². The van der Waals surface area contributed by atoms with Crippen LogP contribution in [0.2, 0.25) is 0 Å². The fourth-order valence-corrected chi connectivity index (χ4v) is 5.09. The fourth-order valence-electron chi connectivity index (χ4n) is 4.43. The summed E-state index contributed by atoms with van der Waals surface area (Å²) >= 11 is 1.22. The molecule has 1 unspecified atom stereocenters. The Morgan fingerprint density at radius 1 is 1.13 bits per heavy atom. The second-order valence-corrected chi connectivity index (χ2v) is 9.46. The van der Waals surface area contributed by atoms with Gasteiger partial charge in [0.15, 0.2) is 39.5 Å². The van der Waals surface area contributed by atoms with Crippen molar-refractivity contribution in [2.24, 2.45) is 0 Å². The maximum atomic E-state index is 13.9. The highest BCUT2D eigenvalue weighted by atomic mass is 32.1. The van der Waals surface area contributed by atoms with E-state index in [2.05, 4.69) is 11.9 Å². The monoisotopic (exact) mass is 534 g/mol. The van der Waals surface area contributed by atoms with Gasteiger partial charge in [-0.1, -0.05) is 31.5 Å². The van der Waals surface area contributed by atoms with Crippen molar-refractivity contribution in [2.45, 2.75) is 25.8 Å². The number of aromatic nitrogens is 1. The first-order chi connectivity index (χ1) is 18.5. The summed E-state index contributed by atoms with van der Waals surface area (Å²) in [5, 5.41) is 13.7. The number of aliphatic hydroxyl groups is 1. The lowest BCUT2D eigenvalue weighted by Gasteiger charge is -2.25. The predicted octanol–water partition coefficient (Wildman–Crippen LogP) is 5.87. The van der Waals surface area contributed by atoms with Gasteiger partial charge in [-0.3, -0.25) is 14.5 Å². The number of furan rings is 1. The van der Waals surface area contributed by atoms with Gasteiger partial charge in [0.25, 0.3) is 5.91 Å². The number of carbonyl (C=O) groups is 2. The number of unbranched alkanes of at least 4 members (excludes halogenated alkanes) is 1. The molecule has 1 aliphatic heterocycles. The van der Waals surface area contributed by atoms with Gasteiger partial charge in [-0.2, -0.15) is 0 Å². The van der Waals surface area contributed by atoms with Gasteiger partial charge in [0.1, 0.15) is 0 Å². The zero-order valence-corrected chi connectivity index (χ0v) is 21.9. The molecule has 5 rings (SSSR count). The minimum absolute atomic E-state index is 0.0312. The van der Waals surface area contributed by atoms with Crippen LogP contribution in [-0.4, -0.2) is 42.6 Å². The quantitative estimate of drug-likeness (QED) is 0.199. The van der Waals surface area contributed by atoms with Crippen LogP contribution in [0, 0.1) is 0 Å². The Morgan fingerprint density at radius 3 is 2.66 bits per heavy atom. The van der Waals surface area contributed by atoms with E-state index in [4.69, 9.17) is 18.6 Å². The van der Waals surface area contributed by atoms with Crippen molar-refractivity contribution in [1.29, 1.82) is 0 Å². The first-order valence-corrected chi connectivity index (χ1v) is 12.9. The van der Waals surface area contributed by atoms with Crippen LogP contribution in [0.15, 0.2) is 69.8 Å². The Morgan fingerprint density at radius 2 is 1.95 bits per heavy atom. The molecule has 1 N–H and O–H groups in total. The Balaban J connectivity index is 1.61. The van der Waals surface area contributed by atoms with E-state index in [-0.39, 0.29) is 11.3 Å². The summed E-state index contributed by atoms with van der Waals surface area (Å²) in [5.74, 6) is -0.602. The molecule has 2 aromatic carbocycles. The van der Waals surface area contributed by atoms with Crippen LogP contribution < -0.4 is 19.1 Å². The average Bonchev–Trinajstić information content (AvgIpc) is 3.67. The highest BCUT2D eigenvalue weighted by Gasteiger charge is 2.46. The molecule has 0 fully saturated rings. The molecule has 0 bridgehead atoms. The number of benzene rings is 2. The van der Waals surface area contributed by atoms with Crippen LogP contribution in [0.3, 0.4) is 0 Å². The van der Waals surface area contributed by atoms with Gasteiger partial charge in [-0.25, -0.2) is 4.98 Å². The number of ketones is 1. The van der Waals surface area contributed by atoms with Gasteiger partial charge in [0, 0.05) is 17.0 Å². The van der Waals surface area contributed by atoms with Crippen molar-refractivity contribution in [3.8, 4) is 17.2 Å². The van der Waals surface area contributed by atoms with E-state index < -0.39 is 23.5 Å². The number of thiazole rings is 1.